The molecule has 2 N–H and O–H groups in total. The molecule has 0 radical (unpaired) electrons. The fourth-order valence-electron chi connectivity index (χ4n) is 2.96. The van der Waals surface area contributed by atoms with Crippen LogP contribution in [0.5, 0.6) is 0 Å². The predicted molar refractivity (Wildman–Crippen MR) is 88.5 cm³/mol. The molecule has 1 heterocycles. The summed E-state index contributed by atoms with van der Waals surface area (Å²) in [4.78, 5) is 13.8. The summed E-state index contributed by atoms with van der Waals surface area (Å²) >= 11 is 0. The molecule has 0 aliphatic carbocycles. The Morgan fingerprint density at radius 2 is 2.05 bits per heavy atom. The molecule has 0 saturated carbocycles. The van der Waals surface area contributed by atoms with Crippen molar-refractivity contribution >= 4 is 5.91 Å². The summed E-state index contributed by atoms with van der Waals surface area (Å²) in [7, 11) is 0. The molecule has 120 valence electrons. The second kappa shape index (κ2) is 8.71. The molecule has 1 aromatic carbocycles. The van der Waals surface area contributed by atoms with Crippen LogP contribution in [0.3, 0.4) is 0 Å². The Bertz CT molecular complexity index is 467. The first kappa shape index (κ1) is 16.7. The van der Waals surface area contributed by atoms with Crippen molar-refractivity contribution in [3.8, 4) is 0 Å². The monoisotopic (exact) mass is 302 g/mol. The number of rotatable bonds is 7. The smallest absolute Gasteiger partial charge is 0.234 e. The highest BCUT2D eigenvalue weighted by Gasteiger charge is 2.26. The van der Waals surface area contributed by atoms with Gasteiger partial charge >= 0.3 is 0 Å². The Morgan fingerprint density at radius 3 is 2.68 bits per heavy atom. The van der Waals surface area contributed by atoms with Gasteiger partial charge in [0.15, 0.2) is 0 Å². The van der Waals surface area contributed by atoms with Crippen molar-refractivity contribution in [1.29, 1.82) is 0 Å². The molecular weight excluding hydrogens is 276 g/mol. The van der Waals surface area contributed by atoms with Gasteiger partial charge in [0.05, 0.1) is 12.6 Å². The van der Waals surface area contributed by atoms with Crippen LogP contribution >= 0.6 is 0 Å². The van der Waals surface area contributed by atoms with Crippen molar-refractivity contribution in [2.24, 2.45) is 5.92 Å². The van der Waals surface area contributed by atoms with Crippen LogP contribution in [0, 0.1) is 5.92 Å². The van der Waals surface area contributed by atoms with E-state index in [1.54, 1.807) is 6.08 Å². The third kappa shape index (κ3) is 5.28. The Labute approximate surface area is 132 Å². The molecule has 4 heteroatoms. The third-order valence-corrected chi connectivity index (χ3v) is 4.27. The van der Waals surface area contributed by atoms with Crippen LogP contribution in [-0.2, 0) is 11.2 Å². The van der Waals surface area contributed by atoms with Crippen molar-refractivity contribution in [3.63, 3.8) is 0 Å². The number of aliphatic hydroxyl groups excluding tert-OH is 1. The fraction of sp³-hybridized carbons (Fsp3) is 0.500. The van der Waals surface area contributed by atoms with Crippen LogP contribution in [0.25, 0.3) is 0 Å². The van der Waals surface area contributed by atoms with Gasteiger partial charge < -0.3 is 10.4 Å². The summed E-state index contributed by atoms with van der Waals surface area (Å²) in [6, 6.07) is 10.1. The van der Waals surface area contributed by atoms with Gasteiger partial charge in [-0.25, -0.2) is 0 Å². The number of nitrogens with one attached hydrogen (secondary N) is 1. The molecule has 1 aliphatic heterocycles. The van der Waals surface area contributed by atoms with E-state index in [2.05, 4.69) is 28.9 Å². The lowest BCUT2D eigenvalue weighted by molar-refractivity contribution is -0.122. The molecule has 22 heavy (non-hydrogen) atoms. The second-order valence-electron chi connectivity index (χ2n) is 5.96. The van der Waals surface area contributed by atoms with Gasteiger partial charge in [-0.15, -0.1) is 6.58 Å². The lowest BCUT2D eigenvalue weighted by atomic mass is 9.88. The van der Waals surface area contributed by atoms with E-state index in [9.17, 15) is 9.90 Å². The van der Waals surface area contributed by atoms with Crippen LogP contribution in [-0.4, -0.2) is 48.2 Å². The van der Waals surface area contributed by atoms with Crippen LogP contribution in [0.15, 0.2) is 43.0 Å². The second-order valence-corrected chi connectivity index (χ2v) is 5.96. The topological polar surface area (TPSA) is 52.6 Å². The maximum absolute atomic E-state index is 11.7. The van der Waals surface area contributed by atoms with Crippen molar-refractivity contribution in [2.45, 2.75) is 25.4 Å². The maximum Gasteiger partial charge on any atom is 0.234 e. The number of amides is 1. The first-order chi connectivity index (χ1) is 10.7. The van der Waals surface area contributed by atoms with Crippen molar-refractivity contribution in [2.75, 3.05) is 26.2 Å². The van der Waals surface area contributed by atoms with Gasteiger partial charge in [0, 0.05) is 6.54 Å². The quantitative estimate of drug-likeness (QED) is 0.752. The van der Waals surface area contributed by atoms with E-state index >= 15 is 0 Å². The molecule has 4 nitrogen and oxygen atoms in total. The maximum atomic E-state index is 11.7. The van der Waals surface area contributed by atoms with Gasteiger partial charge in [-0.2, -0.15) is 0 Å². The van der Waals surface area contributed by atoms with E-state index in [-0.39, 0.29) is 12.0 Å². The van der Waals surface area contributed by atoms with Crippen LogP contribution in [0.4, 0.5) is 0 Å². The summed E-state index contributed by atoms with van der Waals surface area (Å²) in [5.41, 5.74) is 1.18. The van der Waals surface area contributed by atoms with Crippen LogP contribution in [0.2, 0.25) is 0 Å². The molecule has 1 amide bonds. The van der Waals surface area contributed by atoms with Crippen molar-refractivity contribution in [3.05, 3.63) is 48.6 Å². The van der Waals surface area contributed by atoms with E-state index in [1.807, 2.05) is 18.2 Å². The minimum Gasteiger partial charge on any atom is -0.392 e. The van der Waals surface area contributed by atoms with Gasteiger partial charge in [-0.3, -0.25) is 9.69 Å². The number of carbonyl (C=O) groups is 1. The minimum absolute atomic E-state index is 0.0446. The molecule has 0 unspecified atom stereocenters. The number of nitrogens with zero attached hydrogens (tertiary/aromatic N) is 1. The predicted octanol–water partition coefficient (Wildman–Crippen LogP) is 1.60. The van der Waals surface area contributed by atoms with Crippen LogP contribution < -0.4 is 5.32 Å². The normalized spacial score (nSPS) is 17.9. The zero-order valence-corrected chi connectivity index (χ0v) is 13.1. The van der Waals surface area contributed by atoms with E-state index in [0.29, 0.717) is 25.4 Å². The summed E-state index contributed by atoms with van der Waals surface area (Å²) < 4.78 is 0. The molecule has 0 aromatic heterocycles. The third-order valence-electron chi connectivity index (χ3n) is 4.27. The Morgan fingerprint density at radius 1 is 1.36 bits per heavy atom. The summed E-state index contributed by atoms with van der Waals surface area (Å²) in [5.74, 6) is 0.371. The summed E-state index contributed by atoms with van der Waals surface area (Å²) in [6.07, 6.45) is 4.00. The first-order valence-electron chi connectivity index (χ1n) is 8.01. The standard InChI is InChI=1S/C18H26N2O2/c1-2-10-19-18(22)14-20-11-8-16(9-12-20)17(21)13-15-6-4-3-5-7-15/h2-7,16-17,21H,1,8-14H2,(H,19,22)/t17-/m1/s1. The van der Waals surface area contributed by atoms with E-state index in [4.69, 9.17) is 0 Å². The zero-order chi connectivity index (χ0) is 15.8. The van der Waals surface area contributed by atoms with E-state index in [1.165, 1.54) is 5.56 Å². The number of hydrogen-bond acceptors (Lipinski definition) is 3. The lowest BCUT2D eigenvalue weighted by Crippen LogP contribution is -2.43. The number of piperidine rings is 1. The largest absolute Gasteiger partial charge is 0.392 e. The molecule has 1 fully saturated rings. The number of hydrogen-bond donors (Lipinski definition) is 2. The summed E-state index contributed by atoms with van der Waals surface area (Å²) in [5, 5.41) is 13.2. The van der Waals surface area contributed by atoms with Gasteiger partial charge in [0.1, 0.15) is 0 Å². The molecule has 1 atom stereocenters. The molecule has 0 bridgehead atoms. The highest BCUT2D eigenvalue weighted by Crippen LogP contribution is 2.22. The van der Waals surface area contributed by atoms with Gasteiger partial charge in [0.2, 0.25) is 5.91 Å². The minimum atomic E-state index is -0.292. The van der Waals surface area contributed by atoms with Gasteiger partial charge in [-0.05, 0) is 43.8 Å². The molecule has 1 aliphatic rings. The molecular formula is C18H26N2O2. The Hall–Kier alpha value is -1.65. The highest BCUT2D eigenvalue weighted by molar-refractivity contribution is 5.78. The molecule has 1 saturated heterocycles. The van der Waals surface area contributed by atoms with Crippen molar-refractivity contribution in [1.82, 2.24) is 10.2 Å². The van der Waals surface area contributed by atoms with E-state index in [0.717, 1.165) is 25.9 Å². The number of carbonyl (C=O) groups excluding carboxylic acids is 1. The van der Waals surface area contributed by atoms with E-state index < -0.39 is 0 Å². The number of likely N-dealkylation sites (tertiary alicyclic amines) is 1. The zero-order valence-electron chi connectivity index (χ0n) is 13.1. The first-order valence-corrected chi connectivity index (χ1v) is 8.01. The molecule has 1 aromatic rings. The highest BCUT2D eigenvalue weighted by atomic mass is 16.3. The Balaban J connectivity index is 1.72. The van der Waals surface area contributed by atoms with Crippen molar-refractivity contribution < 1.29 is 9.90 Å². The summed E-state index contributed by atoms with van der Waals surface area (Å²) in [6.45, 7) is 6.29. The van der Waals surface area contributed by atoms with Crippen LogP contribution in [0.1, 0.15) is 18.4 Å². The molecule has 2 rings (SSSR count). The average Bonchev–Trinajstić information content (AvgIpc) is 2.54. The fourth-order valence-corrected chi connectivity index (χ4v) is 2.96. The van der Waals surface area contributed by atoms with Gasteiger partial charge in [0.25, 0.3) is 0 Å². The number of aliphatic hydroxyl groups is 1. The number of benzene rings is 1. The lowest BCUT2D eigenvalue weighted by Gasteiger charge is -2.33. The Kier molecular flexibility index (Phi) is 6.62. The SMILES string of the molecule is C=CCNC(=O)CN1CCC([C@H](O)Cc2ccccc2)CC1. The van der Waals surface area contributed by atoms with Gasteiger partial charge in [-0.1, -0.05) is 36.4 Å². The molecule has 0 spiro atoms. The average molecular weight is 302 g/mol.